The fourth-order valence-corrected chi connectivity index (χ4v) is 0.865. The summed E-state index contributed by atoms with van der Waals surface area (Å²) in [6, 6.07) is 0. The van der Waals surface area contributed by atoms with E-state index in [2.05, 4.69) is 4.74 Å². The topological polar surface area (TPSA) is 89.8 Å². The van der Waals surface area contributed by atoms with Gasteiger partial charge in [0.05, 0.1) is 6.61 Å². The lowest BCUT2D eigenvalue weighted by Crippen LogP contribution is -2.33. The van der Waals surface area contributed by atoms with Crippen LogP contribution in [0, 0.1) is 0 Å². The molecule has 4 atom stereocenters. The lowest BCUT2D eigenvalue weighted by molar-refractivity contribution is -0.168. The summed E-state index contributed by atoms with van der Waals surface area (Å²) in [5.41, 5.74) is 0. The van der Waals surface area contributed by atoms with Gasteiger partial charge in [0.1, 0.15) is 18.3 Å². The number of ether oxygens (including phenoxy) is 1. The molecule has 0 saturated carbocycles. The number of hydrogen-bond donors (Lipinski definition) is 3. The summed E-state index contributed by atoms with van der Waals surface area (Å²) in [6.07, 6.45) is -5.24. The third-order valence-corrected chi connectivity index (χ3v) is 1.50. The van der Waals surface area contributed by atoms with Crippen molar-refractivity contribution >= 4 is 0 Å². The fraction of sp³-hybridized carbons (Fsp3) is 1.00. The van der Waals surface area contributed by atoms with Crippen LogP contribution in [0.15, 0.2) is 0 Å². The van der Waals surface area contributed by atoms with Crippen molar-refractivity contribution in [3.05, 3.63) is 0 Å². The van der Waals surface area contributed by atoms with E-state index in [0.717, 1.165) is 0 Å². The van der Waals surface area contributed by atoms with Gasteiger partial charge in [0.2, 0.25) is 6.29 Å². The highest BCUT2D eigenvalue weighted by atomic mass is 16.6. The van der Waals surface area contributed by atoms with Crippen LogP contribution in [-0.4, -0.2) is 46.5 Å². The van der Waals surface area contributed by atoms with Crippen LogP contribution in [0.4, 0.5) is 0 Å². The zero-order chi connectivity index (χ0) is 7.72. The second-order valence-electron chi connectivity index (χ2n) is 2.21. The van der Waals surface area contributed by atoms with Crippen LogP contribution in [0.2, 0.25) is 0 Å². The molecule has 59 valence electrons. The standard InChI is InChI=1S/C5H9O5/c6-1-2-3(7)4(8)5(9)10-2/h2-8H,1H2/t2-,3-,4+,5?/m1/s1. The Bertz CT molecular complexity index is 117. The third-order valence-electron chi connectivity index (χ3n) is 1.50. The molecule has 0 amide bonds. The molecule has 1 rings (SSSR count). The first-order valence-corrected chi connectivity index (χ1v) is 2.95. The van der Waals surface area contributed by atoms with E-state index in [0.29, 0.717) is 0 Å². The predicted octanol–water partition coefficient (Wildman–Crippen LogP) is -2.14. The van der Waals surface area contributed by atoms with Gasteiger partial charge in [0.15, 0.2) is 0 Å². The molecule has 1 radical (unpaired) electrons. The highest BCUT2D eigenvalue weighted by molar-refractivity contribution is 4.84. The molecule has 0 aromatic carbocycles. The normalized spacial score (nSPS) is 48.0. The molecule has 10 heavy (non-hydrogen) atoms. The molecule has 1 heterocycles. The van der Waals surface area contributed by atoms with Gasteiger partial charge in [-0.1, -0.05) is 0 Å². The van der Waals surface area contributed by atoms with Crippen LogP contribution in [0.25, 0.3) is 0 Å². The Morgan fingerprint density at radius 3 is 2.10 bits per heavy atom. The Morgan fingerprint density at radius 2 is 1.90 bits per heavy atom. The molecule has 0 spiro atoms. The van der Waals surface area contributed by atoms with Crippen molar-refractivity contribution in [1.82, 2.24) is 0 Å². The van der Waals surface area contributed by atoms with E-state index >= 15 is 0 Å². The molecule has 1 fully saturated rings. The van der Waals surface area contributed by atoms with Crippen molar-refractivity contribution in [2.24, 2.45) is 0 Å². The van der Waals surface area contributed by atoms with Crippen molar-refractivity contribution in [3.63, 3.8) is 0 Å². The van der Waals surface area contributed by atoms with Crippen molar-refractivity contribution in [3.8, 4) is 0 Å². The molecule has 1 saturated heterocycles. The van der Waals surface area contributed by atoms with Crippen LogP contribution < -0.4 is 0 Å². The van der Waals surface area contributed by atoms with E-state index in [1.54, 1.807) is 0 Å². The van der Waals surface area contributed by atoms with E-state index in [1.165, 1.54) is 0 Å². The van der Waals surface area contributed by atoms with Gasteiger partial charge in [-0.25, -0.2) is 0 Å². The maximum Gasteiger partial charge on any atom is 0.220 e. The molecule has 5 heteroatoms. The predicted molar refractivity (Wildman–Crippen MR) is 28.4 cm³/mol. The van der Waals surface area contributed by atoms with Crippen molar-refractivity contribution in [2.75, 3.05) is 6.61 Å². The lowest BCUT2D eigenvalue weighted by Gasteiger charge is -2.09. The van der Waals surface area contributed by atoms with E-state index in [9.17, 15) is 5.11 Å². The molecule has 1 unspecified atom stereocenters. The average Bonchev–Trinajstić information content (AvgIpc) is 2.17. The summed E-state index contributed by atoms with van der Waals surface area (Å²) < 4.78 is 4.43. The second kappa shape index (κ2) is 2.81. The zero-order valence-electron chi connectivity index (χ0n) is 5.17. The minimum Gasteiger partial charge on any atom is -0.394 e. The fourth-order valence-electron chi connectivity index (χ4n) is 0.865. The van der Waals surface area contributed by atoms with Gasteiger partial charge in [-0.05, 0) is 0 Å². The first-order chi connectivity index (χ1) is 4.66. The average molecular weight is 149 g/mol. The molecule has 0 aromatic heterocycles. The van der Waals surface area contributed by atoms with E-state index in [4.69, 9.17) is 15.3 Å². The highest BCUT2D eigenvalue weighted by Gasteiger charge is 2.42. The van der Waals surface area contributed by atoms with E-state index in [-0.39, 0.29) is 0 Å². The molecular weight excluding hydrogens is 140 g/mol. The van der Waals surface area contributed by atoms with Crippen molar-refractivity contribution in [1.29, 1.82) is 0 Å². The summed E-state index contributed by atoms with van der Waals surface area (Å²) in [7, 11) is 0. The molecule has 1 aliphatic rings. The van der Waals surface area contributed by atoms with Crippen LogP contribution in [-0.2, 0) is 9.84 Å². The monoisotopic (exact) mass is 149 g/mol. The number of rotatable bonds is 1. The smallest absolute Gasteiger partial charge is 0.220 e. The van der Waals surface area contributed by atoms with Crippen LogP contribution in [0.1, 0.15) is 0 Å². The summed E-state index contributed by atoms with van der Waals surface area (Å²) >= 11 is 0. The largest absolute Gasteiger partial charge is 0.394 e. The minimum atomic E-state index is -1.63. The Hall–Kier alpha value is -0.200. The van der Waals surface area contributed by atoms with Gasteiger partial charge in [0.25, 0.3) is 0 Å². The third kappa shape index (κ3) is 1.14. The van der Waals surface area contributed by atoms with Crippen LogP contribution >= 0.6 is 0 Å². The lowest BCUT2D eigenvalue weighted by atomic mass is 10.1. The molecule has 5 nitrogen and oxygen atoms in total. The van der Waals surface area contributed by atoms with E-state index < -0.39 is 31.2 Å². The Balaban J connectivity index is 2.53. The molecule has 0 aromatic rings. The maximum absolute atomic E-state index is 10.5. The quantitative estimate of drug-likeness (QED) is 0.396. The molecule has 1 aliphatic heterocycles. The first-order valence-electron chi connectivity index (χ1n) is 2.95. The second-order valence-corrected chi connectivity index (χ2v) is 2.21. The molecular formula is C5H9O5. The van der Waals surface area contributed by atoms with Crippen LogP contribution in [0.5, 0.6) is 0 Å². The molecule has 0 aliphatic carbocycles. The zero-order valence-corrected chi connectivity index (χ0v) is 5.17. The van der Waals surface area contributed by atoms with E-state index in [1.807, 2.05) is 0 Å². The Kier molecular flexibility index (Phi) is 2.22. The van der Waals surface area contributed by atoms with Gasteiger partial charge in [-0.2, -0.15) is 5.11 Å². The van der Waals surface area contributed by atoms with Crippen molar-refractivity contribution < 1.29 is 25.2 Å². The Labute approximate surface area is 57.5 Å². The van der Waals surface area contributed by atoms with Gasteiger partial charge in [-0.3, -0.25) is 0 Å². The number of aliphatic hydroxyl groups is 3. The maximum atomic E-state index is 10.5. The minimum absolute atomic E-state index is 0.447. The highest BCUT2D eigenvalue weighted by Crippen LogP contribution is 2.18. The molecule has 0 bridgehead atoms. The van der Waals surface area contributed by atoms with Gasteiger partial charge < -0.3 is 20.1 Å². The van der Waals surface area contributed by atoms with Crippen molar-refractivity contribution in [2.45, 2.75) is 24.6 Å². The van der Waals surface area contributed by atoms with Gasteiger partial charge in [0, 0.05) is 0 Å². The first kappa shape index (κ1) is 7.90. The Morgan fingerprint density at radius 1 is 1.30 bits per heavy atom. The SMILES string of the molecule is [O]C1O[C@H](CO)[C@@H](O)[C@@H]1O. The summed E-state index contributed by atoms with van der Waals surface area (Å²) in [5, 5.41) is 36.6. The van der Waals surface area contributed by atoms with Gasteiger partial charge in [-0.15, -0.1) is 0 Å². The summed E-state index contributed by atoms with van der Waals surface area (Å²) in [6.45, 7) is -0.447. The molecule has 3 N–H and O–H groups in total. The summed E-state index contributed by atoms with van der Waals surface area (Å²) in [4.78, 5) is 0. The summed E-state index contributed by atoms with van der Waals surface area (Å²) in [5.74, 6) is 0. The van der Waals surface area contributed by atoms with Gasteiger partial charge >= 0.3 is 0 Å². The number of hydrogen-bond acceptors (Lipinski definition) is 4. The van der Waals surface area contributed by atoms with Crippen LogP contribution in [0.3, 0.4) is 0 Å². The number of aliphatic hydroxyl groups excluding tert-OH is 3.